The third kappa shape index (κ3) is 4.45. The van der Waals surface area contributed by atoms with Gasteiger partial charge in [-0.15, -0.1) is 10.2 Å². The minimum absolute atomic E-state index is 0.223. The Hall–Kier alpha value is -3.36. The lowest BCUT2D eigenvalue weighted by atomic mass is 9.97. The van der Waals surface area contributed by atoms with E-state index in [4.69, 9.17) is 4.42 Å². The molecule has 1 aromatic carbocycles. The van der Waals surface area contributed by atoms with Crippen LogP contribution in [-0.2, 0) is 11.0 Å². The van der Waals surface area contributed by atoms with Crippen LogP contribution in [0.4, 0.5) is 24.7 Å². The molecule has 0 radical (unpaired) electrons. The molecule has 1 aliphatic rings. The third-order valence-corrected chi connectivity index (χ3v) is 5.02. The number of amides is 1. The van der Waals surface area contributed by atoms with Gasteiger partial charge < -0.3 is 14.6 Å². The lowest BCUT2D eigenvalue weighted by molar-refractivity contribution is -0.137. The van der Waals surface area contributed by atoms with Gasteiger partial charge in [-0.3, -0.25) is 4.79 Å². The number of carbonyl (C=O) groups excluding carboxylic acids is 1. The van der Waals surface area contributed by atoms with E-state index >= 15 is 0 Å². The minimum Gasteiger partial charge on any atom is -0.463 e. The molecule has 1 atom stereocenters. The first-order chi connectivity index (χ1) is 14.4. The summed E-state index contributed by atoms with van der Waals surface area (Å²) in [6.07, 6.45) is -1.34. The number of piperidine rings is 1. The summed E-state index contributed by atoms with van der Waals surface area (Å²) in [5, 5.41) is 11.1. The van der Waals surface area contributed by atoms with Gasteiger partial charge in [0.1, 0.15) is 5.69 Å². The van der Waals surface area contributed by atoms with Crippen molar-refractivity contribution in [3.63, 3.8) is 0 Å². The van der Waals surface area contributed by atoms with Gasteiger partial charge >= 0.3 is 6.18 Å². The Morgan fingerprint density at radius 1 is 1.10 bits per heavy atom. The lowest BCUT2D eigenvalue weighted by Crippen LogP contribution is -2.41. The number of rotatable bonds is 4. The molecule has 4 rings (SSSR count). The summed E-state index contributed by atoms with van der Waals surface area (Å²) < 4.78 is 43.3. The van der Waals surface area contributed by atoms with Crippen LogP contribution in [0, 0.1) is 5.92 Å². The molecule has 0 unspecified atom stereocenters. The summed E-state index contributed by atoms with van der Waals surface area (Å²) in [7, 11) is 0. The topological polar surface area (TPSA) is 71.3 Å². The standard InChI is InChI=1S/C21H19F3N4O2/c22-21(23,24)15-5-7-16(8-6-15)25-20(29)14-3-1-11-28(13-14)19-10-9-17(26-27-19)18-4-2-12-30-18/h2,4-10,12,14H,1,3,11,13H2,(H,25,29)/t14-/m1/s1. The van der Waals surface area contributed by atoms with Gasteiger partial charge in [0.2, 0.25) is 5.91 Å². The van der Waals surface area contributed by atoms with Crippen LogP contribution >= 0.6 is 0 Å². The van der Waals surface area contributed by atoms with E-state index in [9.17, 15) is 18.0 Å². The zero-order chi connectivity index (χ0) is 21.1. The fourth-order valence-corrected chi connectivity index (χ4v) is 3.44. The third-order valence-electron chi connectivity index (χ3n) is 5.02. The molecule has 2 aromatic heterocycles. The zero-order valence-electron chi connectivity index (χ0n) is 15.9. The number of aromatic nitrogens is 2. The highest BCUT2D eigenvalue weighted by atomic mass is 19.4. The van der Waals surface area contributed by atoms with Gasteiger partial charge in [0, 0.05) is 18.8 Å². The summed E-state index contributed by atoms with van der Waals surface area (Å²) in [4.78, 5) is 14.6. The van der Waals surface area contributed by atoms with Crippen LogP contribution < -0.4 is 10.2 Å². The van der Waals surface area contributed by atoms with Crippen molar-refractivity contribution in [1.82, 2.24) is 10.2 Å². The van der Waals surface area contributed by atoms with Crippen LogP contribution in [0.1, 0.15) is 18.4 Å². The Labute approximate surface area is 170 Å². The van der Waals surface area contributed by atoms with Crippen LogP contribution in [0.2, 0.25) is 0 Å². The average Bonchev–Trinajstić information content (AvgIpc) is 3.29. The molecule has 3 aromatic rings. The van der Waals surface area contributed by atoms with Crippen molar-refractivity contribution in [2.24, 2.45) is 5.92 Å². The van der Waals surface area contributed by atoms with Crippen molar-refractivity contribution in [1.29, 1.82) is 0 Å². The molecule has 30 heavy (non-hydrogen) atoms. The van der Waals surface area contributed by atoms with E-state index in [1.807, 2.05) is 17.0 Å². The number of benzene rings is 1. The lowest BCUT2D eigenvalue weighted by Gasteiger charge is -2.32. The molecule has 156 valence electrons. The van der Waals surface area contributed by atoms with E-state index < -0.39 is 11.7 Å². The highest BCUT2D eigenvalue weighted by molar-refractivity contribution is 5.93. The summed E-state index contributed by atoms with van der Waals surface area (Å²) >= 11 is 0. The normalized spacial score (nSPS) is 17.0. The fraction of sp³-hybridized carbons (Fsp3) is 0.286. The van der Waals surface area contributed by atoms with Gasteiger partial charge in [-0.25, -0.2) is 0 Å². The van der Waals surface area contributed by atoms with E-state index in [1.165, 1.54) is 12.1 Å². The van der Waals surface area contributed by atoms with E-state index in [-0.39, 0.29) is 11.8 Å². The van der Waals surface area contributed by atoms with Gasteiger partial charge in [-0.05, 0) is 61.4 Å². The number of nitrogens with one attached hydrogen (secondary N) is 1. The molecule has 3 heterocycles. The molecule has 0 aliphatic carbocycles. The quantitative estimate of drug-likeness (QED) is 0.673. The molecule has 1 fully saturated rings. The molecular weight excluding hydrogens is 397 g/mol. The van der Waals surface area contributed by atoms with Crippen molar-refractivity contribution in [2.45, 2.75) is 19.0 Å². The first kappa shape index (κ1) is 19.9. The minimum atomic E-state index is -4.40. The Morgan fingerprint density at radius 2 is 1.90 bits per heavy atom. The van der Waals surface area contributed by atoms with Crippen LogP contribution in [0.3, 0.4) is 0 Å². The van der Waals surface area contributed by atoms with E-state index in [2.05, 4.69) is 15.5 Å². The smallest absolute Gasteiger partial charge is 0.416 e. The Balaban J connectivity index is 1.39. The predicted molar refractivity (Wildman–Crippen MR) is 105 cm³/mol. The maximum Gasteiger partial charge on any atom is 0.416 e. The first-order valence-corrected chi connectivity index (χ1v) is 9.51. The number of hydrogen-bond acceptors (Lipinski definition) is 5. The molecule has 1 N–H and O–H groups in total. The van der Waals surface area contributed by atoms with E-state index in [0.717, 1.165) is 25.1 Å². The maximum atomic E-state index is 12.7. The van der Waals surface area contributed by atoms with Crippen LogP contribution in [0.25, 0.3) is 11.5 Å². The molecule has 6 nitrogen and oxygen atoms in total. The molecule has 1 saturated heterocycles. The average molecular weight is 416 g/mol. The Kier molecular flexibility index (Phi) is 5.43. The van der Waals surface area contributed by atoms with Crippen molar-refractivity contribution in [3.05, 3.63) is 60.4 Å². The van der Waals surface area contributed by atoms with Gasteiger partial charge in [0.15, 0.2) is 11.6 Å². The summed E-state index contributed by atoms with van der Waals surface area (Å²) in [5.74, 6) is 0.769. The molecule has 0 bridgehead atoms. The molecule has 1 aliphatic heterocycles. The predicted octanol–water partition coefficient (Wildman–Crippen LogP) is 4.61. The highest BCUT2D eigenvalue weighted by Gasteiger charge is 2.30. The SMILES string of the molecule is O=C(Nc1ccc(C(F)(F)F)cc1)[C@@H]1CCCN(c2ccc(-c3ccco3)nn2)C1. The van der Waals surface area contributed by atoms with E-state index in [0.29, 0.717) is 35.9 Å². The zero-order valence-corrected chi connectivity index (χ0v) is 15.9. The van der Waals surface area contributed by atoms with Crippen LogP contribution in [-0.4, -0.2) is 29.2 Å². The van der Waals surface area contributed by atoms with Crippen molar-refractivity contribution >= 4 is 17.4 Å². The second kappa shape index (κ2) is 8.17. The highest BCUT2D eigenvalue weighted by Crippen LogP contribution is 2.30. The Bertz CT molecular complexity index is 987. The molecule has 1 amide bonds. The van der Waals surface area contributed by atoms with Crippen LogP contribution in [0.5, 0.6) is 0 Å². The van der Waals surface area contributed by atoms with E-state index in [1.54, 1.807) is 18.4 Å². The fourth-order valence-electron chi connectivity index (χ4n) is 3.44. The summed E-state index contributed by atoms with van der Waals surface area (Å²) in [6, 6.07) is 11.7. The van der Waals surface area contributed by atoms with Gasteiger partial charge in [0.05, 0.1) is 17.7 Å². The number of nitrogens with zero attached hydrogens (tertiary/aromatic N) is 3. The van der Waals surface area contributed by atoms with Crippen LogP contribution in [0.15, 0.2) is 59.2 Å². The number of carbonyl (C=O) groups is 1. The summed E-state index contributed by atoms with van der Waals surface area (Å²) in [5.41, 5.74) is 0.214. The Morgan fingerprint density at radius 3 is 2.53 bits per heavy atom. The number of anilines is 2. The molecule has 9 heteroatoms. The molecule has 0 spiro atoms. The molecule has 0 saturated carbocycles. The second-order valence-corrected chi connectivity index (χ2v) is 7.10. The van der Waals surface area contributed by atoms with Crippen molar-refractivity contribution in [2.75, 3.05) is 23.3 Å². The number of hydrogen-bond donors (Lipinski definition) is 1. The summed E-state index contributed by atoms with van der Waals surface area (Å²) in [6.45, 7) is 1.21. The first-order valence-electron chi connectivity index (χ1n) is 9.51. The van der Waals surface area contributed by atoms with Crippen molar-refractivity contribution < 1.29 is 22.4 Å². The second-order valence-electron chi connectivity index (χ2n) is 7.10. The van der Waals surface area contributed by atoms with Gasteiger partial charge in [-0.2, -0.15) is 13.2 Å². The number of furan rings is 1. The van der Waals surface area contributed by atoms with Crippen molar-refractivity contribution in [3.8, 4) is 11.5 Å². The molecular formula is C21H19F3N4O2. The maximum absolute atomic E-state index is 12.7. The monoisotopic (exact) mass is 416 g/mol. The largest absolute Gasteiger partial charge is 0.463 e. The number of alkyl halides is 3. The van der Waals surface area contributed by atoms with Gasteiger partial charge in [0.25, 0.3) is 0 Å². The number of halogens is 3. The van der Waals surface area contributed by atoms with Gasteiger partial charge in [-0.1, -0.05) is 0 Å².